The number of aryl methyl sites for hydroxylation is 1. The van der Waals surface area contributed by atoms with Crippen molar-refractivity contribution in [3.8, 4) is 11.5 Å². The molecule has 7 nitrogen and oxygen atoms in total. The van der Waals surface area contributed by atoms with Gasteiger partial charge in [0.2, 0.25) is 0 Å². The molecule has 0 saturated heterocycles. The summed E-state index contributed by atoms with van der Waals surface area (Å²) >= 11 is 3.39. The molecule has 0 bridgehead atoms. The zero-order valence-electron chi connectivity index (χ0n) is 15.4. The molecule has 2 aromatic rings. The van der Waals surface area contributed by atoms with Crippen molar-refractivity contribution in [1.29, 1.82) is 0 Å². The molecule has 0 saturated carbocycles. The van der Waals surface area contributed by atoms with Gasteiger partial charge in [0, 0.05) is 16.6 Å². The molecule has 0 atom stereocenters. The Morgan fingerprint density at radius 3 is 2.27 bits per heavy atom. The molecular weight excluding hydrogens is 422 g/mol. The third-order valence-corrected chi connectivity index (χ3v) is 6.28. The molecule has 0 amide bonds. The summed E-state index contributed by atoms with van der Waals surface area (Å²) in [6.07, 6.45) is 0. The van der Waals surface area contributed by atoms with E-state index < -0.39 is 10.0 Å². The van der Waals surface area contributed by atoms with Crippen LogP contribution in [-0.2, 0) is 15.6 Å². The first-order chi connectivity index (χ1) is 12.0. The Kier molecular flexibility index (Phi) is 4.72. The molecule has 0 radical (unpaired) electrons. The molecule has 1 aliphatic rings. The van der Waals surface area contributed by atoms with Crippen LogP contribution in [0.4, 0.5) is 5.69 Å². The lowest BCUT2D eigenvalue weighted by Crippen LogP contribution is -2.25. The summed E-state index contributed by atoms with van der Waals surface area (Å²) in [6.45, 7) is 10.3. The van der Waals surface area contributed by atoms with Crippen LogP contribution < -0.4 is 14.2 Å². The van der Waals surface area contributed by atoms with E-state index in [0.717, 1.165) is 0 Å². The first-order valence-electron chi connectivity index (χ1n) is 8.19. The highest BCUT2D eigenvalue weighted by atomic mass is 79.9. The fourth-order valence-electron chi connectivity index (χ4n) is 3.01. The molecule has 0 fully saturated rings. The van der Waals surface area contributed by atoms with Crippen LogP contribution in [0.5, 0.6) is 11.5 Å². The van der Waals surface area contributed by atoms with E-state index in [1.54, 1.807) is 30.7 Å². The average Bonchev–Trinajstić information content (AvgIpc) is 2.83. The molecule has 1 aromatic heterocycles. The molecule has 2 heterocycles. The van der Waals surface area contributed by atoms with Crippen LogP contribution in [0.2, 0.25) is 0 Å². The highest BCUT2D eigenvalue weighted by Crippen LogP contribution is 2.39. The van der Waals surface area contributed by atoms with Crippen molar-refractivity contribution in [3.05, 3.63) is 28.0 Å². The lowest BCUT2D eigenvalue weighted by atomic mass is 10.1. The number of nitrogens with one attached hydrogen (secondary N) is 1. The van der Waals surface area contributed by atoms with Gasteiger partial charge in [0.1, 0.15) is 18.1 Å². The van der Waals surface area contributed by atoms with Crippen molar-refractivity contribution >= 4 is 31.6 Å². The molecule has 0 spiro atoms. The fourth-order valence-corrected chi connectivity index (χ4v) is 5.03. The quantitative estimate of drug-likeness (QED) is 0.783. The number of benzene rings is 1. The Morgan fingerprint density at radius 2 is 1.73 bits per heavy atom. The summed E-state index contributed by atoms with van der Waals surface area (Å²) in [5.41, 5.74) is 1.12. The molecule has 1 N–H and O–H groups in total. The van der Waals surface area contributed by atoms with Crippen molar-refractivity contribution in [2.45, 2.75) is 45.1 Å². The van der Waals surface area contributed by atoms with Crippen LogP contribution in [0, 0.1) is 13.8 Å². The number of halogens is 1. The number of hydrogen-bond donors (Lipinski definition) is 1. The third kappa shape index (κ3) is 3.42. The predicted octanol–water partition coefficient (Wildman–Crippen LogP) is 3.59. The number of hydrogen-bond acceptors (Lipinski definition) is 5. The smallest absolute Gasteiger partial charge is 0.265 e. The maximum absolute atomic E-state index is 13.0. The Labute approximate surface area is 161 Å². The van der Waals surface area contributed by atoms with Gasteiger partial charge in [-0.25, -0.2) is 8.42 Å². The number of ether oxygens (including phenoxy) is 2. The maximum atomic E-state index is 13.0. The van der Waals surface area contributed by atoms with Gasteiger partial charge >= 0.3 is 0 Å². The number of anilines is 1. The molecule has 9 heteroatoms. The summed E-state index contributed by atoms with van der Waals surface area (Å²) in [4.78, 5) is 0.189. The zero-order valence-corrected chi connectivity index (χ0v) is 17.8. The Balaban J connectivity index is 2.02. The van der Waals surface area contributed by atoms with Crippen molar-refractivity contribution in [2.24, 2.45) is 0 Å². The van der Waals surface area contributed by atoms with Crippen LogP contribution in [0.15, 0.2) is 21.5 Å². The van der Waals surface area contributed by atoms with E-state index in [0.29, 0.717) is 46.3 Å². The highest BCUT2D eigenvalue weighted by Gasteiger charge is 2.29. The van der Waals surface area contributed by atoms with Crippen LogP contribution in [0.25, 0.3) is 0 Å². The molecule has 1 aliphatic heterocycles. The van der Waals surface area contributed by atoms with Gasteiger partial charge in [0.05, 0.1) is 22.6 Å². The van der Waals surface area contributed by atoms with Crippen molar-refractivity contribution in [2.75, 3.05) is 17.9 Å². The molecule has 142 valence electrons. The number of nitrogens with zero attached hydrogens (tertiary/aromatic N) is 2. The topological polar surface area (TPSA) is 82.5 Å². The molecule has 1 aromatic carbocycles. The van der Waals surface area contributed by atoms with E-state index >= 15 is 0 Å². The van der Waals surface area contributed by atoms with E-state index in [4.69, 9.17) is 9.47 Å². The minimum absolute atomic E-state index is 0.189. The largest absolute Gasteiger partial charge is 0.486 e. The van der Waals surface area contributed by atoms with Crippen LogP contribution in [0.1, 0.15) is 32.2 Å². The minimum atomic E-state index is -3.82. The third-order valence-electron chi connectivity index (χ3n) is 4.01. The summed E-state index contributed by atoms with van der Waals surface area (Å²) < 4.78 is 42.1. The Bertz CT molecular complexity index is 961. The van der Waals surface area contributed by atoms with Crippen LogP contribution in [-0.4, -0.2) is 31.4 Å². The van der Waals surface area contributed by atoms with Crippen molar-refractivity contribution < 1.29 is 17.9 Å². The lowest BCUT2D eigenvalue weighted by molar-refractivity contribution is 0.171. The van der Waals surface area contributed by atoms with Gasteiger partial charge in [-0.2, -0.15) is 5.10 Å². The molecular formula is C17H22BrN3O4S. The zero-order chi connectivity index (χ0) is 19.3. The summed E-state index contributed by atoms with van der Waals surface area (Å²) in [7, 11) is -3.82. The molecule has 0 aliphatic carbocycles. The van der Waals surface area contributed by atoms with Crippen LogP contribution >= 0.6 is 15.9 Å². The second kappa shape index (κ2) is 6.45. The normalized spacial score (nSPS) is 14.4. The fraction of sp³-hybridized carbons (Fsp3) is 0.471. The second-order valence-corrected chi connectivity index (χ2v) is 9.64. The standard InChI is InChI=1S/C17H22BrN3O4S/c1-10-16(11(2)21(19-10)17(3,4)5)26(22,23)20-13-9-15-14(8-12(13)18)24-6-7-25-15/h8-9,20H,6-7H2,1-5H3. The Morgan fingerprint density at radius 1 is 1.15 bits per heavy atom. The SMILES string of the molecule is Cc1nn(C(C)(C)C)c(C)c1S(=O)(=O)Nc1cc2c(cc1Br)OCCO2. The average molecular weight is 444 g/mol. The Hall–Kier alpha value is -1.74. The van der Waals surface area contributed by atoms with E-state index in [1.807, 2.05) is 20.8 Å². The molecule has 3 rings (SSSR count). The van der Waals surface area contributed by atoms with Gasteiger partial charge in [-0.15, -0.1) is 0 Å². The maximum Gasteiger partial charge on any atom is 0.265 e. The van der Waals surface area contributed by atoms with E-state index in [-0.39, 0.29) is 10.4 Å². The number of rotatable bonds is 3. The monoisotopic (exact) mass is 443 g/mol. The number of fused-ring (bicyclic) bond motifs is 1. The van der Waals surface area contributed by atoms with Gasteiger partial charge < -0.3 is 9.47 Å². The second-order valence-electron chi connectivity index (χ2n) is 7.16. The summed E-state index contributed by atoms with van der Waals surface area (Å²) in [5, 5.41) is 4.42. The summed E-state index contributed by atoms with van der Waals surface area (Å²) in [5.74, 6) is 1.09. The van der Waals surface area contributed by atoms with E-state index in [2.05, 4.69) is 25.8 Å². The van der Waals surface area contributed by atoms with E-state index in [9.17, 15) is 8.42 Å². The van der Waals surface area contributed by atoms with Gasteiger partial charge in [0.15, 0.2) is 11.5 Å². The lowest BCUT2D eigenvalue weighted by Gasteiger charge is -2.22. The summed E-state index contributed by atoms with van der Waals surface area (Å²) in [6, 6.07) is 3.32. The van der Waals surface area contributed by atoms with Gasteiger partial charge in [-0.1, -0.05) is 0 Å². The van der Waals surface area contributed by atoms with Gasteiger partial charge in [-0.05, 0) is 50.5 Å². The number of aromatic nitrogens is 2. The predicted molar refractivity (Wildman–Crippen MR) is 103 cm³/mol. The highest BCUT2D eigenvalue weighted by molar-refractivity contribution is 9.10. The minimum Gasteiger partial charge on any atom is -0.486 e. The van der Waals surface area contributed by atoms with Crippen molar-refractivity contribution in [1.82, 2.24) is 9.78 Å². The van der Waals surface area contributed by atoms with Gasteiger partial charge in [0.25, 0.3) is 10.0 Å². The first-order valence-corrected chi connectivity index (χ1v) is 10.5. The molecule has 0 unspecified atom stereocenters. The van der Waals surface area contributed by atoms with E-state index in [1.165, 1.54) is 0 Å². The first kappa shape index (κ1) is 19.0. The van der Waals surface area contributed by atoms with Crippen LogP contribution in [0.3, 0.4) is 0 Å². The van der Waals surface area contributed by atoms with Gasteiger partial charge in [-0.3, -0.25) is 9.40 Å². The molecule has 26 heavy (non-hydrogen) atoms. The van der Waals surface area contributed by atoms with Crippen molar-refractivity contribution in [3.63, 3.8) is 0 Å². The number of sulfonamides is 1.